The largest absolute Gasteiger partial charge is 0.326 e. The van der Waals surface area contributed by atoms with Crippen LogP contribution in [0.1, 0.15) is 18.4 Å². The Bertz CT molecular complexity index is 952. The van der Waals surface area contributed by atoms with Gasteiger partial charge in [-0.1, -0.05) is 17.7 Å². The number of carbonyl (C=O) groups excluding carboxylic acids is 1. The van der Waals surface area contributed by atoms with Gasteiger partial charge in [-0.25, -0.2) is 17.2 Å². The van der Waals surface area contributed by atoms with Crippen molar-refractivity contribution in [3.8, 4) is 0 Å². The Balaban J connectivity index is 2.02. The fourth-order valence-corrected chi connectivity index (χ4v) is 3.70. The molecule has 0 atom stereocenters. The Hall–Kier alpha value is -2.19. The lowest BCUT2D eigenvalue weighted by molar-refractivity contribution is -0.116. The molecule has 27 heavy (non-hydrogen) atoms. The van der Waals surface area contributed by atoms with E-state index in [9.17, 15) is 22.0 Å². The van der Waals surface area contributed by atoms with Crippen LogP contribution in [0.4, 0.5) is 20.2 Å². The third kappa shape index (κ3) is 5.64. The monoisotopic (exact) mass is 416 g/mol. The number of sulfonamides is 1. The van der Waals surface area contributed by atoms with E-state index in [4.69, 9.17) is 11.6 Å². The SMILES string of the molecule is Cc1c(Cl)cccc1N(CCCC(=O)Nc1ccc(F)c(F)c1)S(C)(=O)=O. The summed E-state index contributed by atoms with van der Waals surface area (Å²) in [6, 6.07) is 8.00. The maximum Gasteiger partial charge on any atom is 0.232 e. The van der Waals surface area contributed by atoms with Crippen LogP contribution in [-0.4, -0.2) is 27.1 Å². The Morgan fingerprint density at radius 3 is 2.52 bits per heavy atom. The fraction of sp³-hybridized carbons (Fsp3) is 0.278. The molecule has 0 aliphatic heterocycles. The van der Waals surface area contributed by atoms with Crippen LogP contribution < -0.4 is 9.62 Å². The van der Waals surface area contributed by atoms with Gasteiger partial charge in [-0.2, -0.15) is 0 Å². The maximum atomic E-state index is 13.2. The second-order valence-corrected chi connectivity index (χ2v) is 8.31. The molecule has 146 valence electrons. The quantitative estimate of drug-likeness (QED) is 0.738. The summed E-state index contributed by atoms with van der Waals surface area (Å²) in [5.41, 5.74) is 1.20. The Morgan fingerprint density at radius 1 is 1.19 bits per heavy atom. The van der Waals surface area contributed by atoms with Gasteiger partial charge in [-0.05, 0) is 43.2 Å². The molecule has 9 heteroatoms. The lowest BCUT2D eigenvalue weighted by atomic mass is 10.2. The lowest BCUT2D eigenvalue weighted by Gasteiger charge is -2.24. The molecule has 0 spiro atoms. The lowest BCUT2D eigenvalue weighted by Crippen LogP contribution is -2.32. The van der Waals surface area contributed by atoms with Crippen LogP contribution in [0.5, 0.6) is 0 Å². The molecule has 0 fully saturated rings. The van der Waals surface area contributed by atoms with Gasteiger partial charge in [-0.15, -0.1) is 0 Å². The molecular weight excluding hydrogens is 398 g/mol. The number of anilines is 2. The van der Waals surface area contributed by atoms with Crippen molar-refractivity contribution in [2.24, 2.45) is 0 Å². The maximum absolute atomic E-state index is 13.2. The van der Waals surface area contributed by atoms with Gasteiger partial charge in [0.05, 0.1) is 11.9 Å². The van der Waals surface area contributed by atoms with E-state index in [1.165, 1.54) is 10.4 Å². The van der Waals surface area contributed by atoms with Crippen LogP contribution in [0.3, 0.4) is 0 Å². The van der Waals surface area contributed by atoms with E-state index >= 15 is 0 Å². The molecule has 0 aromatic heterocycles. The van der Waals surface area contributed by atoms with Gasteiger partial charge < -0.3 is 5.32 Å². The molecule has 0 aliphatic carbocycles. The first kappa shape index (κ1) is 21.1. The standard InChI is InChI=1S/C18H19ClF2N2O3S/c1-12-14(19)5-3-6-17(12)23(27(2,25)26)10-4-7-18(24)22-13-8-9-15(20)16(21)11-13/h3,5-6,8-9,11H,4,7,10H2,1-2H3,(H,22,24). The fourth-order valence-electron chi connectivity index (χ4n) is 2.51. The van der Waals surface area contributed by atoms with Crippen molar-refractivity contribution in [1.82, 2.24) is 0 Å². The smallest absolute Gasteiger partial charge is 0.232 e. The number of carbonyl (C=O) groups is 1. The van der Waals surface area contributed by atoms with E-state index in [1.807, 2.05) is 0 Å². The molecule has 1 N–H and O–H groups in total. The minimum atomic E-state index is -3.57. The van der Waals surface area contributed by atoms with E-state index in [0.29, 0.717) is 16.3 Å². The highest BCUT2D eigenvalue weighted by Crippen LogP contribution is 2.28. The van der Waals surface area contributed by atoms with Crippen LogP contribution >= 0.6 is 11.6 Å². The third-order valence-electron chi connectivity index (χ3n) is 3.88. The highest BCUT2D eigenvalue weighted by molar-refractivity contribution is 7.92. The van der Waals surface area contributed by atoms with Crippen LogP contribution in [0.2, 0.25) is 5.02 Å². The summed E-state index contributed by atoms with van der Waals surface area (Å²) in [5, 5.41) is 2.89. The molecule has 0 bridgehead atoms. The van der Waals surface area contributed by atoms with E-state index in [-0.39, 0.29) is 25.1 Å². The normalized spacial score (nSPS) is 11.3. The van der Waals surface area contributed by atoms with Gasteiger partial charge in [-0.3, -0.25) is 9.10 Å². The molecule has 0 heterocycles. The second kappa shape index (κ2) is 8.67. The molecule has 0 saturated heterocycles. The minimum Gasteiger partial charge on any atom is -0.326 e. The van der Waals surface area contributed by atoms with Crippen molar-refractivity contribution < 1.29 is 22.0 Å². The van der Waals surface area contributed by atoms with Gasteiger partial charge in [0.15, 0.2) is 11.6 Å². The predicted molar refractivity (Wildman–Crippen MR) is 103 cm³/mol. The van der Waals surface area contributed by atoms with Crippen molar-refractivity contribution in [3.05, 3.63) is 58.6 Å². The van der Waals surface area contributed by atoms with Gasteiger partial charge in [0.1, 0.15) is 0 Å². The number of benzene rings is 2. The first-order chi connectivity index (χ1) is 12.6. The molecule has 2 aromatic carbocycles. The molecule has 0 unspecified atom stereocenters. The summed E-state index contributed by atoms with van der Waals surface area (Å²) >= 11 is 6.06. The zero-order valence-electron chi connectivity index (χ0n) is 14.8. The highest BCUT2D eigenvalue weighted by Gasteiger charge is 2.20. The number of hydrogen-bond donors (Lipinski definition) is 1. The summed E-state index contributed by atoms with van der Waals surface area (Å²) in [4.78, 5) is 12.0. The average molecular weight is 417 g/mol. The Kier molecular flexibility index (Phi) is 6.78. The van der Waals surface area contributed by atoms with Crippen molar-refractivity contribution in [3.63, 3.8) is 0 Å². The van der Waals surface area contributed by atoms with Gasteiger partial charge in [0, 0.05) is 29.7 Å². The molecule has 0 saturated carbocycles. The number of nitrogens with zero attached hydrogens (tertiary/aromatic N) is 1. The van der Waals surface area contributed by atoms with Crippen molar-refractivity contribution in [1.29, 1.82) is 0 Å². The van der Waals surface area contributed by atoms with Crippen LogP contribution in [-0.2, 0) is 14.8 Å². The van der Waals surface area contributed by atoms with E-state index < -0.39 is 27.6 Å². The van der Waals surface area contributed by atoms with E-state index in [1.54, 1.807) is 25.1 Å². The first-order valence-corrected chi connectivity index (χ1v) is 10.3. The first-order valence-electron chi connectivity index (χ1n) is 8.07. The van der Waals surface area contributed by atoms with Crippen molar-refractivity contribution in [2.45, 2.75) is 19.8 Å². The molecular formula is C18H19ClF2N2O3S. The molecule has 2 aromatic rings. The van der Waals surface area contributed by atoms with Gasteiger partial charge in [0.25, 0.3) is 0 Å². The van der Waals surface area contributed by atoms with E-state index in [0.717, 1.165) is 18.4 Å². The second-order valence-electron chi connectivity index (χ2n) is 6.00. The van der Waals surface area contributed by atoms with Crippen molar-refractivity contribution in [2.75, 3.05) is 22.4 Å². The zero-order chi connectivity index (χ0) is 20.2. The molecule has 1 amide bonds. The number of amides is 1. The summed E-state index contributed by atoms with van der Waals surface area (Å²) < 4.78 is 51.5. The highest BCUT2D eigenvalue weighted by atomic mass is 35.5. The van der Waals surface area contributed by atoms with Crippen LogP contribution in [0.25, 0.3) is 0 Å². The Morgan fingerprint density at radius 2 is 1.89 bits per heavy atom. The molecule has 5 nitrogen and oxygen atoms in total. The summed E-state index contributed by atoms with van der Waals surface area (Å²) in [5.74, 6) is -2.50. The van der Waals surface area contributed by atoms with E-state index in [2.05, 4.69) is 5.32 Å². The Labute approximate surface area is 162 Å². The van der Waals surface area contributed by atoms with Crippen LogP contribution in [0.15, 0.2) is 36.4 Å². The molecule has 0 radical (unpaired) electrons. The van der Waals surface area contributed by atoms with Gasteiger partial charge in [0.2, 0.25) is 15.9 Å². The molecule has 0 aliphatic rings. The number of rotatable bonds is 7. The summed E-state index contributed by atoms with van der Waals surface area (Å²) in [7, 11) is -3.57. The van der Waals surface area contributed by atoms with Gasteiger partial charge >= 0.3 is 0 Å². The average Bonchev–Trinajstić information content (AvgIpc) is 2.57. The summed E-state index contributed by atoms with van der Waals surface area (Å²) in [6.45, 7) is 1.79. The number of hydrogen-bond acceptors (Lipinski definition) is 3. The van der Waals surface area contributed by atoms with Crippen molar-refractivity contribution >= 4 is 38.9 Å². The number of nitrogens with one attached hydrogen (secondary N) is 1. The number of halogens is 3. The topological polar surface area (TPSA) is 66.5 Å². The third-order valence-corrected chi connectivity index (χ3v) is 5.47. The molecule has 2 rings (SSSR count). The summed E-state index contributed by atoms with van der Waals surface area (Å²) in [6.07, 6.45) is 1.31. The predicted octanol–water partition coefficient (Wildman–Crippen LogP) is 4.11. The van der Waals surface area contributed by atoms with Crippen LogP contribution in [0, 0.1) is 18.6 Å². The zero-order valence-corrected chi connectivity index (χ0v) is 16.4. The minimum absolute atomic E-state index is 0.00459.